The van der Waals surface area contributed by atoms with Gasteiger partial charge in [0.15, 0.2) is 0 Å². The molecule has 0 spiro atoms. The smallest absolute Gasteiger partial charge is 0.326 e. The van der Waals surface area contributed by atoms with Crippen molar-refractivity contribution in [3.8, 4) is 6.07 Å². The van der Waals surface area contributed by atoms with Gasteiger partial charge in [-0.2, -0.15) is 5.26 Å². The van der Waals surface area contributed by atoms with E-state index >= 15 is 0 Å². The van der Waals surface area contributed by atoms with E-state index in [1.54, 1.807) is 48.0 Å². The molecular formula is C16H13ClN2O3. The van der Waals surface area contributed by atoms with Crippen LogP contribution in [0.15, 0.2) is 36.0 Å². The molecule has 1 heterocycles. The van der Waals surface area contributed by atoms with E-state index in [0.717, 1.165) is 10.9 Å². The van der Waals surface area contributed by atoms with Gasteiger partial charge in [0.05, 0.1) is 0 Å². The molecule has 22 heavy (non-hydrogen) atoms. The fourth-order valence-electron chi connectivity index (χ4n) is 2.38. The van der Waals surface area contributed by atoms with Crippen molar-refractivity contribution >= 4 is 39.8 Å². The maximum atomic E-state index is 11.4. The predicted molar refractivity (Wildman–Crippen MR) is 83.4 cm³/mol. The number of carbonyl (C=O) groups is 2. The van der Waals surface area contributed by atoms with Crippen LogP contribution in [0.4, 0.5) is 0 Å². The summed E-state index contributed by atoms with van der Waals surface area (Å²) >= 11 is 5.36. The summed E-state index contributed by atoms with van der Waals surface area (Å²) in [4.78, 5) is 22.6. The van der Waals surface area contributed by atoms with E-state index < -0.39 is 17.3 Å². The highest BCUT2D eigenvalue weighted by Crippen LogP contribution is 2.28. The Morgan fingerprint density at radius 1 is 1.45 bits per heavy atom. The number of rotatable bonds is 5. The van der Waals surface area contributed by atoms with Crippen molar-refractivity contribution in [1.82, 2.24) is 4.57 Å². The number of para-hydroxylation sites is 1. The van der Waals surface area contributed by atoms with Gasteiger partial charge in [0.25, 0.3) is 5.24 Å². The van der Waals surface area contributed by atoms with Crippen molar-refractivity contribution in [2.24, 2.45) is 0 Å². The molecule has 0 saturated heterocycles. The van der Waals surface area contributed by atoms with Gasteiger partial charge in [0.2, 0.25) is 0 Å². The number of nitriles is 1. The normalized spacial score (nSPS) is 12.9. The van der Waals surface area contributed by atoms with E-state index in [1.165, 1.54) is 6.08 Å². The second-order valence-electron chi connectivity index (χ2n) is 4.71. The Labute approximate surface area is 132 Å². The Hall–Kier alpha value is -2.58. The van der Waals surface area contributed by atoms with Gasteiger partial charge in [-0.3, -0.25) is 4.79 Å². The zero-order chi connectivity index (χ0) is 16.3. The number of aromatic nitrogens is 1. The van der Waals surface area contributed by atoms with E-state index in [4.69, 9.17) is 16.9 Å². The van der Waals surface area contributed by atoms with Gasteiger partial charge in [-0.15, -0.1) is 0 Å². The zero-order valence-corrected chi connectivity index (χ0v) is 12.5. The molecule has 1 unspecified atom stereocenters. The number of carboxylic acid groups (broad SMARTS) is 1. The van der Waals surface area contributed by atoms with E-state index in [-0.39, 0.29) is 5.57 Å². The standard InChI is InChI=1S/C16H13ClN2O3/c1-2-13(16(21)22)19-9-11(7-10(8-18)15(17)20)12-5-3-4-6-14(12)19/h3-7,9,13H,2H2,1H3,(H,21,22). The Morgan fingerprint density at radius 2 is 2.14 bits per heavy atom. The molecule has 0 radical (unpaired) electrons. The number of aliphatic carboxylic acids is 1. The van der Waals surface area contributed by atoms with Gasteiger partial charge >= 0.3 is 5.97 Å². The Balaban J connectivity index is 2.70. The lowest BCUT2D eigenvalue weighted by molar-refractivity contribution is -0.140. The van der Waals surface area contributed by atoms with Gasteiger partial charge in [-0.1, -0.05) is 25.1 Å². The quantitative estimate of drug-likeness (QED) is 0.521. The monoisotopic (exact) mass is 316 g/mol. The molecule has 1 atom stereocenters. The summed E-state index contributed by atoms with van der Waals surface area (Å²) in [5.41, 5.74) is 1.12. The van der Waals surface area contributed by atoms with Crippen molar-refractivity contribution in [3.63, 3.8) is 0 Å². The zero-order valence-electron chi connectivity index (χ0n) is 11.8. The minimum Gasteiger partial charge on any atom is -0.480 e. The fourth-order valence-corrected chi connectivity index (χ4v) is 2.48. The summed E-state index contributed by atoms with van der Waals surface area (Å²) in [6.07, 6.45) is 3.42. The lowest BCUT2D eigenvalue weighted by atomic mass is 10.1. The first-order chi connectivity index (χ1) is 10.5. The van der Waals surface area contributed by atoms with Crippen LogP contribution >= 0.6 is 11.6 Å². The molecular weight excluding hydrogens is 304 g/mol. The van der Waals surface area contributed by atoms with Crippen molar-refractivity contribution in [1.29, 1.82) is 5.26 Å². The highest BCUT2D eigenvalue weighted by molar-refractivity contribution is 6.68. The minimum absolute atomic E-state index is 0.187. The topological polar surface area (TPSA) is 83.1 Å². The number of fused-ring (bicyclic) bond motifs is 1. The van der Waals surface area contributed by atoms with Crippen molar-refractivity contribution in [2.75, 3.05) is 0 Å². The highest BCUT2D eigenvalue weighted by atomic mass is 35.5. The lowest BCUT2D eigenvalue weighted by Crippen LogP contribution is -2.17. The molecule has 0 amide bonds. The third-order valence-corrected chi connectivity index (χ3v) is 3.61. The first-order valence-electron chi connectivity index (χ1n) is 6.63. The maximum Gasteiger partial charge on any atom is 0.326 e. The molecule has 6 heteroatoms. The van der Waals surface area contributed by atoms with Crippen LogP contribution < -0.4 is 0 Å². The summed E-state index contributed by atoms with van der Waals surface area (Å²) in [6, 6.07) is 8.24. The largest absolute Gasteiger partial charge is 0.480 e. The SMILES string of the molecule is CCC(C(=O)O)n1cc(C=C(C#N)C(=O)Cl)c2ccccc21. The van der Waals surface area contributed by atoms with Crippen LogP contribution in [0.3, 0.4) is 0 Å². The maximum absolute atomic E-state index is 11.4. The predicted octanol–water partition coefficient (Wildman–Crippen LogP) is 3.35. The molecule has 0 aliphatic rings. The number of allylic oxidation sites excluding steroid dienone is 1. The van der Waals surface area contributed by atoms with E-state index in [2.05, 4.69) is 0 Å². The van der Waals surface area contributed by atoms with Gasteiger partial charge in [-0.25, -0.2) is 4.79 Å². The van der Waals surface area contributed by atoms with Crippen LogP contribution in [0.5, 0.6) is 0 Å². The van der Waals surface area contributed by atoms with Crippen molar-refractivity contribution < 1.29 is 14.7 Å². The molecule has 0 fully saturated rings. The Morgan fingerprint density at radius 3 is 2.68 bits per heavy atom. The molecule has 0 aliphatic heterocycles. The van der Waals surface area contributed by atoms with Crippen LogP contribution in [0.2, 0.25) is 0 Å². The highest BCUT2D eigenvalue weighted by Gasteiger charge is 2.20. The molecule has 0 saturated carbocycles. The fraction of sp³-hybridized carbons (Fsp3) is 0.188. The van der Waals surface area contributed by atoms with E-state index in [1.807, 2.05) is 0 Å². The molecule has 112 valence electrons. The molecule has 1 aromatic heterocycles. The molecule has 5 nitrogen and oxygen atoms in total. The van der Waals surface area contributed by atoms with Crippen LogP contribution in [0.1, 0.15) is 24.9 Å². The molecule has 1 aromatic carbocycles. The lowest BCUT2D eigenvalue weighted by Gasteiger charge is -2.13. The van der Waals surface area contributed by atoms with Crippen LogP contribution in [0.25, 0.3) is 17.0 Å². The summed E-state index contributed by atoms with van der Waals surface area (Å²) in [6.45, 7) is 1.78. The van der Waals surface area contributed by atoms with Crippen molar-refractivity contribution in [3.05, 3.63) is 41.6 Å². The van der Waals surface area contributed by atoms with Gasteiger partial charge in [0, 0.05) is 22.7 Å². The number of benzene rings is 1. The van der Waals surface area contributed by atoms with Gasteiger partial charge < -0.3 is 9.67 Å². The number of carboxylic acids is 1. The van der Waals surface area contributed by atoms with Crippen molar-refractivity contribution in [2.45, 2.75) is 19.4 Å². The van der Waals surface area contributed by atoms with Crippen LogP contribution in [-0.4, -0.2) is 20.9 Å². The number of hydrogen-bond acceptors (Lipinski definition) is 3. The summed E-state index contributed by atoms with van der Waals surface area (Å²) in [5.74, 6) is -0.937. The van der Waals surface area contributed by atoms with Crippen LogP contribution in [0, 0.1) is 11.3 Å². The third-order valence-electron chi connectivity index (χ3n) is 3.41. The van der Waals surface area contributed by atoms with Crippen LogP contribution in [-0.2, 0) is 9.59 Å². The molecule has 2 aromatic rings. The second-order valence-corrected chi connectivity index (χ2v) is 5.06. The number of halogens is 1. The van der Waals surface area contributed by atoms with E-state index in [9.17, 15) is 14.7 Å². The number of nitrogens with zero attached hydrogens (tertiary/aromatic N) is 2. The molecule has 0 bridgehead atoms. The average Bonchev–Trinajstić information content (AvgIpc) is 2.84. The Kier molecular flexibility index (Phi) is 4.64. The Bertz CT molecular complexity index is 814. The molecule has 2 rings (SSSR count). The van der Waals surface area contributed by atoms with Gasteiger partial charge in [0.1, 0.15) is 17.7 Å². The minimum atomic E-state index is -0.937. The second kappa shape index (κ2) is 6.46. The third kappa shape index (κ3) is 2.87. The number of carbonyl (C=O) groups excluding carboxylic acids is 1. The summed E-state index contributed by atoms with van der Waals surface area (Å²) in [7, 11) is 0. The summed E-state index contributed by atoms with van der Waals surface area (Å²) in [5, 5.41) is 18.2. The van der Waals surface area contributed by atoms with E-state index in [0.29, 0.717) is 12.0 Å². The summed E-state index contributed by atoms with van der Waals surface area (Å²) < 4.78 is 1.64. The average molecular weight is 317 g/mol. The molecule has 1 N–H and O–H groups in total. The van der Waals surface area contributed by atoms with Gasteiger partial charge in [-0.05, 0) is 30.2 Å². The first kappa shape index (κ1) is 15.8. The molecule has 0 aliphatic carbocycles. The first-order valence-corrected chi connectivity index (χ1v) is 7.01. The number of hydrogen-bond donors (Lipinski definition) is 1.